The Hall–Kier alpha value is -2.39. The van der Waals surface area contributed by atoms with Gasteiger partial charge in [0.1, 0.15) is 0 Å². The Balaban J connectivity index is 2.28. The van der Waals surface area contributed by atoms with Crippen LogP contribution in [0.25, 0.3) is 6.08 Å². The van der Waals surface area contributed by atoms with Crippen LogP contribution in [0.3, 0.4) is 0 Å². The van der Waals surface area contributed by atoms with Crippen molar-refractivity contribution in [3.8, 4) is 11.8 Å². The van der Waals surface area contributed by atoms with Gasteiger partial charge in [0.05, 0.1) is 11.4 Å². The third kappa shape index (κ3) is 6.07. The smallest absolute Gasteiger partial charge is 0.244 e. The SMILES string of the molecule is CC(=O)C#CCN(C/C=C/c1ccccc1Cl)S(=O)(=O)c1ccc(C)cc1. The Labute approximate surface area is 165 Å². The van der Waals surface area contributed by atoms with E-state index in [-0.39, 0.29) is 23.8 Å². The van der Waals surface area contributed by atoms with Crippen LogP contribution in [-0.4, -0.2) is 31.6 Å². The summed E-state index contributed by atoms with van der Waals surface area (Å²) in [4.78, 5) is 11.2. The predicted octanol–water partition coefficient (Wildman–Crippen LogP) is 3.94. The van der Waals surface area contributed by atoms with Gasteiger partial charge < -0.3 is 0 Å². The minimum absolute atomic E-state index is 0.0807. The number of hydrogen-bond donors (Lipinski definition) is 0. The minimum Gasteiger partial charge on any atom is -0.285 e. The predicted molar refractivity (Wildman–Crippen MR) is 109 cm³/mol. The summed E-state index contributed by atoms with van der Waals surface area (Å²) in [6, 6.07) is 13.9. The highest BCUT2D eigenvalue weighted by Crippen LogP contribution is 2.18. The van der Waals surface area contributed by atoms with Crippen molar-refractivity contribution in [1.29, 1.82) is 0 Å². The molecule has 0 N–H and O–H groups in total. The Kier molecular flexibility index (Phi) is 7.37. The van der Waals surface area contributed by atoms with Gasteiger partial charge in [0, 0.05) is 18.5 Å². The lowest BCUT2D eigenvalue weighted by molar-refractivity contribution is -0.111. The van der Waals surface area contributed by atoms with Gasteiger partial charge in [-0.15, -0.1) is 0 Å². The zero-order valence-corrected chi connectivity index (χ0v) is 16.7. The van der Waals surface area contributed by atoms with E-state index in [1.807, 2.05) is 25.1 Å². The van der Waals surface area contributed by atoms with Gasteiger partial charge in [0.15, 0.2) is 0 Å². The largest absolute Gasteiger partial charge is 0.285 e. The molecule has 0 atom stereocenters. The van der Waals surface area contributed by atoms with Gasteiger partial charge in [-0.25, -0.2) is 8.42 Å². The molecule has 0 saturated heterocycles. The molecule has 0 amide bonds. The molecule has 4 nitrogen and oxygen atoms in total. The molecule has 0 aliphatic rings. The molecule has 0 aromatic heterocycles. The Morgan fingerprint density at radius 1 is 1.15 bits per heavy atom. The van der Waals surface area contributed by atoms with Crippen LogP contribution in [0.15, 0.2) is 59.5 Å². The van der Waals surface area contributed by atoms with Crippen molar-refractivity contribution in [1.82, 2.24) is 4.31 Å². The molecule has 2 rings (SSSR count). The quantitative estimate of drug-likeness (QED) is 0.544. The highest BCUT2D eigenvalue weighted by molar-refractivity contribution is 7.89. The average Bonchev–Trinajstić information content (AvgIpc) is 2.62. The van der Waals surface area contributed by atoms with E-state index in [0.29, 0.717) is 5.02 Å². The lowest BCUT2D eigenvalue weighted by Gasteiger charge is -2.18. The molecule has 0 heterocycles. The molecule has 0 radical (unpaired) electrons. The van der Waals surface area contributed by atoms with Crippen molar-refractivity contribution >= 4 is 33.5 Å². The van der Waals surface area contributed by atoms with Crippen molar-refractivity contribution in [2.24, 2.45) is 0 Å². The van der Waals surface area contributed by atoms with Crippen LogP contribution >= 0.6 is 11.6 Å². The molecule has 0 bridgehead atoms. The van der Waals surface area contributed by atoms with Crippen LogP contribution in [0.5, 0.6) is 0 Å². The van der Waals surface area contributed by atoms with Crippen molar-refractivity contribution in [2.45, 2.75) is 18.7 Å². The van der Waals surface area contributed by atoms with Gasteiger partial charge in [0.2, 0.25) is 15.8 Å². The Morgan fingerprint density at radius 3 is 2.44 bits per heavy atom. The molecule has 6 heteroatoms. The van der Waals surface area contributed by atoms with Gasteiger partial charge in [0.25, 0.3) is 0 Å². The van der Waals surface area contributed by atoms with Crippen LogP contribution in [0.4, 0.5) is 0 Å². The molecular weight excluding hydrogens is 382 g/mol. The summed E-state index contributed by atoms with van der Waals surface area (Å²) < 4.78 is 27.1. The number of sulfonamides is 1. The third-order valence-electron chi connectivity index (χ3n) is 3.69. The van der Waals surface area contributed by atoms with E-state index in [2.05, 4.69) is 11.8 Å². The lowest BCUT2D eigenvalue weighted by Crippen LogP contribution is -2.31. The number of rotatable bonds is 6. The van der Waals surface area contributed by atoms with Gasteiger partial charge in [-0.1, -0.05) is 65.6 Å². The number of carbonyl (C=O) groups is 1. The molecule has 0 aliphatic carbocycles. The van der Waals surface area contributed by atoms with Crippen molar-refractivity contribution in [3.63, 3.8) is 0 Å². The van der Waals surface area contributed by atoms with E-state index in [1.54, 1.807) is 42.5 Å². The van der Waals surface area contributed by atoms with Crippen LogP contribution in [0.2, 0.25) is 5.02 Å². The zero-order valence-electron chi connectivity index (χ0n) is 15.1. The number of Topliss-reactive ketones (excluding diaryl/α,β-unsaturated/α-hetero) is 1. The Morgan fingerprint density at radius 2 is 1.81 bits per heavy atom. The first-order valence-corrected chi connectivity index (χ1v) is 10.1. The monoisotopic (exact) mass is 401 g/mol. The molecule has 0 fully saturated rings. The fraction of sp³-hybridized carbons (Fsp3) is 0.190. The summed E-state index contributed by atoms with van der Waals surface area (Å²) in [5, 5.41) is 0.582. The summed E-state index contributed by atoms with van der Waals surface area (Å²) in [5.41, 5.74) is 1.76. The van der Waals surface area contributed by atoms with E-state index in [1.165, 1.54) is 11.2 Å². The summed E-state index contributed by atoms with van der Waals surface area (Å²) in [7, 11) is -3.75. The fourth-order valence-corrected chi connectivity index (χ4v) is 3.76. The molecule has 140 valence electrons. The first kappa shape index (κ1) is 20.9. The number of halogens is 1. The molecule has 2 aromatic rings. The second-order valence-electron chi connectivity index (χ2n) is 5.89. The molecular formula is C21H20ClNO3S. The van der Waals surface area contributed by atoms with E-state index in [0.717, 1.165) is 11.1 Å². The maximum Gasteiger partial charge on any atom is 0.244 e. The molecule has 0 aliphatic heterocycles. The number of hydrogen-bond acceptors (Lipinski definition) is 3. The highest BCUT2D eigenvalue weighted by atomic mass is 35.5. The molecule has 0 spiro atoms. The van der Waals surface area contributed by atoms with Crippen molar-refractivity contribution in [2.75, 3.05) is 13.1 Å². The normalized spacial score (nSPS) is 11.4. The number of carbonyl (C=O) groups excluding carboxylic acids is 1. The highest BCUT2D eigenvalue weighted by Gasteiger charge is 2.22. The standard InChI is InChI=1S/C21H20ClNO3S/c1-17-11-13-20(14-12-17)27(25,26)23(15-5-7-18(2)24)16-6-9-19-8-3-4-10-21(19)22/h3-4,6,8-14H,15-16H2,1-2H3/b9-6+. The number of benzene rings is 2. The Bertz CT molecular complexity index is 1000. The van der Waals surface area contributed by atoms with Crippen LogP contribution in [-0.2, 0) is 14.8 Å². The van der Waals surface area contributed by atoms with Crippen LogP contribution in [0, 0.1) is 18.8 Å². The molecule has 0 unspecified atom stereocenters. The van der Waals surface area contributed by atoms with Crippen LogP contribution in [0.1, 0.15) is 18.1 Å². The topological polar surface area (TPSA) is 54.5 Å². The van der Waals surface area contributed by atoms with Gasteiger partial charge in [-0.2, -0.15) is 4.31 Å². The average molecular weight is 402 g/mol. The summed E-state index contributed by atoms with van der Waals surface area (Å²) in [5.74, 6) is 4.69. The van der Waals surface area contributed by atoms with Gasteiger partial charge >= 0.3 is 0 Å². The van der Waals surface area contributed by atoms with E-state index >= 15 is 0 Å². The van der Waals surface area contributed by atoms with Crippen molar-refractivity contribution < 1.29 is 13.2 Å². The van der Waals surface area contributed by atoms with E-state index in [9.17, 15) is 13.2 Å². The maximum absolute atomic E-state index is 12.9. The molecule has 2 aromatic carbocycles. The van der Waals surface area contributed by atoms with Gasteiger partial charge in [-0.05, 0) is 36.6 Å². The number of ketones is 1. The van der Waals surface area contributed by atoms with E-state index < -0.39 is 10.0 Å². The zero-order chi connectivity index (χ0) is 19.9. The number of nitrogens with zero attached hydrogens (tertiary/aromatic N) is 1. The van der Waals surface area contributed by atoms with Gasteiger partial charge in [-0.3, -0.25) is 4.79 Å². The van der Waals surface area contributed by atoms with Crippen LogP contribution < -0.4 is 0 Å². The minimum atomic E-state index is -3.75. The van der Waals surface area contributed by atoms with Crippen molar-refractivity contribution in [3.05, 3.63) is 70.8 Å². The molecule has 27 heavy (non-hydrogen) atoms. The summed E-state index contributed by atoms with van der Waals surface area (Å²) >= 11 is 6.12. The third-order valence-corrected chi connectivity index (χ3v) is 5.86. The summed E-state index contributed by atoms with van der Waals surface area (Å²) in [6.45, 7) is 3.25. The molecule has 0 saturated carbocycles. The summed E-state index contributed by atoms with van der Waals surface area (Å²) in [6.07, 6.45) is 3.47. The lowest BCUT2D eigenvalue weighted by atomic mass is 10.2. The number of aryl methyl sites for hydroxylation is 1. The first-order valence-electron chi connectivity index (χ1n) is 8.28. The maximum atomic E-state index is 12.9. The second-order valence-corrected chi connectivity index (χ2v) is 8.24. The first-order chi connectivity index (χ1) is 12.8. The second kappa shape index (κ2) is 9.52. The fourth-order valence-electron chi connectivity index (χ4n) is 2.27. The van der Waals surface area contributed by atoms with E-state index in [4.69, 9.17) is 11.6 Å².